The Morgan fingerprint density at radius 3 is 2.74 bits per heavy atom. The molecule has 0 bridgehead atoms. The van der Waals surface area contributed by atoms with Crippen LogP contribution < -0.4 is 5.32 Å². The van der Waals surface area contributed by atoms with Crippen molar-refractivity contribution in [3.05, 3.63) is 71.1 Å². The van der Waals surface area contributed by atoms with E-state index in [9.17, 15) is 0 Å². The zero-order chi connectivity index (χ0) is 15.9. The molecule has 2 heterocycles. The maximum atomic E-state index is 6.39. The van der Waals surface area contributed by atoms with Crippen molar-refractivity contribution in [3.63, 3.8) is 0 Å². The van der Waals surface area contributed by atoms with Gasteiger partial charge >= 0.3 is 0 Å². The fraction of sp³-hybridized carbons (Fsp3) is 0.316. The summed E-state index contributed by atoms with van der Waals surface area (Å²) in [6, 6.07) is 14.5. The topological polar surface area (TPSA) is 29.3 Å². The van der Waals surface area contributed by atoms with Crippen LogP contribution in [0.15, 0.2) is 54.9 Å². The van der Waals surface area contributed by atoms with E-state index in [-0.39, 0.29) is 11.5 Å². The molecule has 1 fully saturated rings. The van der Waals surface area contributed by atoms with Crippen LogP contribution in [-0.2, 0) is 5.41 Å². The van der Waals surface area contributed by atoms with Gasteiger partial charge in [-0.3, -0.25) is 0 Å². The molecule has 3 nitrogen and oxygen atoms in total. The van der Waals surface area contributed by atoms with Gasteiger partial charge in [-0.25, -0.2) is 4.98 Å². The van der Waals surface area contributed by atoms with E-state index in [0.717, 1.165) is 22.9 Å². The molecule has 1 aliphatic rings. The molecule has 0 radical (unpaired) electrons. The lowest BCUT2D eigenvalue weighted by molar-refractivity contribution is 0.504. The normalized spacial score (nSPS) is 17.3. The molecule has 23 heavy (non-hydrogen) atoms. The zero-order valence-electron chi connectivity index (χ0n) is 13.2. The Hall–Kier alpha value is -1.84. The summed E-state index contributed by atoms with van der Waals surface area (Å²) < 4.78 is 2.06. The second-order valence-electron chi connectivity index (χ2n) is 6.49. The first-order valence-electron chi connectivity index (χ1n) is 8.10. The molecule has 3 aromatic rings. The monoisotopic (exact) mass is 325 g/mol. The standard InChI is InChI=1S/C19H20ClN3/c1-14(17-12-23-11-5-4-8-18(23)22-17)21-13-19(9-10-19)15-6-2-3-7-16(15)20/h2-8,11-12,14,21H,9-10,13H2,1H3. The average molecular weight is 326 g/mol. The largest absolute Gasteiger partial charge is 0.308 e. The number of nitrogens with one attached hydrogen (secondary N) is 1. The van der Waals surface area contributed by atoms with Gasteiger partial charge in [-0.1, -0.05) is 35.9 Å². The Kier molecular flexibility index (Phi) is 3.63. The molecule has 0 amide bonds. The number of pyridine rings is 1. The molecule has 1 aliphatic carbocycles. The van der Waals surface area contributed by atoms with Crippen molar-refractivity contribution >= 4 is 17.2 Å². The van der Waals surface area contributed by atoms with Gasteiger partial charge in [0.15, 0.2) is 0 Å². The molecule has 0 aliphatic heterocycles. The van der Waals surface area contributed by atoms with E-state index in [4.69, 9.17) is 16.6 Å². The summed E-state index contributed by atoms with van der Waals surface area (Å²) in [6.45, 7) is 3.11. The fourth-order valence-corrected chi connectivity index (χ4v) is 3.54. The van der Waals surface area contributed by atoms with Gasteiger partial charge in [0.05, 0.1) is 5.69 Å². The highest BCUT2D eigenvalue weighted by Gasteiger charge is 2.45. The molecule has 1 unspecified atom stereocenters. The average Bonchev–Trinajstić information content (AvgIpc) is 3.22. The minimum absolute atomic E-state index is 0.200. The first-order valence-corrected chi connectivity index (χ1v) is 8.48. The van der Waals surface area contributed by atoms with E-state index in [1.54, 1.807) is 0 Å². The quantitative estimate of drug-likeness (QED) is 0.754. The Morgan fingerprint density at radius 2 is 2.00 bits per heavy atom. The highest BCUT2D eigenvalue weighted by molar-refractivity contribution is 6.31. The second-order valence-corrected chi connectivity index (χ2v) is 6.90. The van der Waals surface area contributed by atoms with Gasteiger partial charge in [0.2, 0.25) is 0 Å². The molecular formula is C19H20ClN3. The zero-order valence-corrected chi connectivity index (χ0v) is 13.9. The van der Waals surface area contributed by atoms with Crippen LogP contribution in [-0.4, -0.2) is 15.9 Å². The smallest absolute Gasteiger partial charge is 0.137 e. The lowest BCUT2D eigenvalue weighted by Gasteiger charge is -2.20. The van der Waals surface area contributed by atoms with Crippen LogP contribution in [0.3, 0.4) is 0 Å². The third-order valence-corrected chi connectivity index (χ3v) is 5.20. The van der Waals surface area contributed by atoms with Crippen LogP contribution in [0.5, 0.6) is 0 Å². The summed E-state index contributed by atoms with van der Waals surface area (Å²) in [5.74, 6) is 0. The van der Waals surface area contributed by atoms with Crippen molar-refractivity contribution < 1.29 is 0 Å². The highest BCUT2D eigenvalue weighted by Crippen LogP contribution is 2.50. The second kappa shape index (κ2) is 5.66. The van der Waals surface area contributed by atoms with Gasteiger partial charge in [-0.2, -0.15) is 0 Å². The Morgan fingerprint density at radius 1 is 1.22 bits per heavy atom. The summed E-state index contributed by atoms with van der Waals surface area (Å²) in [5.41, 5.74) is 3.54. The molecule has 0 spiro atoms. The highest BCUT2D eigenvalue weighted by atomic mass is 35.5. The molecule has 1 atom stereocenters. The molecule has 1 N–H and O–H groups in total. The molecular weight excluding hydrogens is 306 g/mol. The molecule has 1 saturated carbocycles. The molecule has 118 valence electrons. The van der Waals surface area contributed by atoms with Gasteiger partial charge in [0, 0.05) is 35.4 Å². The van der Waals surface area contributed by atoms with Gasteiger partial charge in [0.25, 0.3) is 0 Å². The first-order chi connectivity index (χ1) is 11.2. The van der Waals surface area contributed by atoms with Gasteiger partial charge in [-0.05, 0) is 43.5 Å². The molecule has 2 aromatic heterocycles. The van der Waals surface area contributed by atoms with E-state index in [1.807, 2.05) is 36.5 Å². The Labute approximate surface area is 141 Å². The number of imidazole rings is 1. The number of hydrogen-bond acceptors (Lipinski definition) is 2. The van der Waals surface area contributed by atoms with E-state index in [0.29, 0.717) is 0 Å². The van der Waals surface area contributed by atoms with Crippen molar-refractivity contribution in [3.8, 4) is 0 Å². The maximum absolute atomic E-state index is 6.39. The molecule has 0 saturated heterocycles. The number of benzene rings is 1. The number of rotatable bonds is 5. The Balaban J connectivity index is 1.49. The Bertz CT molecular complexity index is 802. The van der Waals surface area contributed by atoms with Crippen molar-refractivity contribution in [2.24, 2.45) is 0 Å². The third-order valence-electron chi connectivity index (χ3n) is 4.87. The minimum Gasteiger partial charge on any atom is -0.308 e. The van der Waals surface area contributed by atoms with Crippen molar-refractivity contribution in [1.82, 2.24) is 14.7 Å². The summed E-state index contributed by atoms with van der Waals surface area (Å²) in [7, 11) is 0. The van der Waals surface area contributed by atoms with E-state index < -0.39 is 0 Å². The molecule has 4 rings (SSSR count). The fourth-order valence-electron chi connectivity index (χ4n) is 3.20. The SMILES string of the molecule is CC(NCC1(c2ccccc2Cl)CC1)c1cn2ccccc2n1. The molecule has 1 aromatic carbocycles. The number of hydrogen-bond donors (Lipinski definition) is 1. The molecule has 4 heteroatoms. The van der Waals surface area contributed by atoms with Crippen LogP contribution in [0.25, 0.3) is 5.65 Å². The van der Waals surface area contributed by atoms with Crippen molar-refractivity contribution in [2.45, 2.75) is 31.2 Å². The predicted octanol–water partition coefficient (Wildman–Crippen LogP) is 4.37. The summed E-state index contributed by atoms with van der Waals surface area (Å²) in [5, 5.41) is 4.54. The van der Waals surface area contributed by atoms with Crippen molar-refractivity contribution in [1.29, 1.82) is 0 Å². The summed E-state index contributed by atoms with van der Waals surface area (Å²) in [6.07, 6.45) is 6.52. The third kappa shape index (κ3) is 2.75. The van der Waals surface area contributed by atoms with Gasteiger partial charge in [0.1, 0.15) is 5.65 Å². The van der Waals surface area contributed by atoms with Crippen LogP contribution in [0.4, 0.5) is 0 Å². The predicted molar refractivity (Wildman–Crippen MR) is 94.0 cm³/mol. The van der Waals surface area contributed by atoms with Gasteiger partial charge < -0.3 is 9.72 Å². The first kappa shape index (κ1) is 14.7. The number of fused-ring (bicyclic) bond motifs is 1. The van der Waals surface area contributed by atoms with Crippen LogP contribution in [0, 0.1) is 0 Å². The minimum atomic E-state index is 0.200. The van der Waals surface area contributed by atoms with E-state index in [1.165, 1.54) is 18.4 Å². The lowest BCUT2D eigenvalue weighted by atomic mass is 9.95. The van der Waals surface area contributed by atoms with Crippen LogP contribution in [0.1, 0.15) is 37.1 Å². The van der Waals surface area contributed by atoms with E-state index >= 15 is 0 Å². The maximum Gasteiger partial charge on any atom is 0.137 e. The number of halogens is 1. The summed E-state index contributed by atoms with van der Waals surface area (Å²) in [4.78, 5) is 4.70. The van der Waals surface area contributed by atoms with Crippen LogP contribution in [0.2, 0.25) is 5.02 Å². The van der Waals surface area contributed by atoms with Crippen molar-refractivity contribution in [2.75, 3.05) is 6.54 Å². The van der Waals surface area contributed by atoms with Gasteiger partial charge in [-0.15, -0.1) is 0 Å². The van der Waals surface area contributed by atoms with Crippen LogP contribution >= 0.6 is 11.6 Å². The summed E-state index contributed by atoms with van der Waals surface area (Å²) >= 11 is 6.39. The van der Waals surface area contributed by atoms with E-state index in [2.05, 4.69) is 35.0 Å². The number of nitrogens with zero attached hydrogens (tertiary/aromatic N) is 2. The lowest BCUT2D eigenvalue weighted by Crippen LogP contribution is -2.29. The number of aromatic nitrogens is 2.